The van der Waals surface area contributed by atoms with Crippen LogP contribution in [-0.2, 0) is 0 Å². The molecule has 0 aliphatic rings. The average Bonchev–Trinajstić information content (AvgIpc) is 3.61. The van der Waals surface area contributed by atoms with Crippen LogP contribution in [0.5, 0.6) is 0 Å². The molecular formula is C50H34N2S. The number of thiophene rings is 1. The van der Waals surface area contributed by atoms with Crippen molar-refractivity contribution in [1.82, 2.24) is 0 Å². The summed E-state index contributed by atoms with van der Waals surface area (Å²) in [5.41, 5.74) is 11.4. The zero-order valence-electron chi connectivity index (χ0n) is 28.9. The van der Waals surface area contributed by atoms with Crippen LogP contribution >= 0.6 is 11.3 Å². The summed E-state index contributed by atoms with van der Waals surface area (Å²) in [6, 6.07) is 69.9. The third-order valence-corrected chi connectivity index (χ3v) is 11.5. The van der Waals surface area contributed by atoms with Crippen molar-refractivity contribution >= 4 is 75.8 Å². The Morgan fingerprint density at radius 2 is 0.811 bits per heavy atom. The molecule has 2 N–H and O–H groups in total. The standard InChI is InChI=1S/C50H34N2S/c1-2-13-35(14-3-1)43-31-36(27-29-47(43)51-45-24-10-17-33-15-4-6-19-38(33)45)37-28-30-48(52-46-25-11-18-34-16-5-7-20-39(34)46)44(32-37)42-23-12-22-41-40-21-8-9-26-49(40)53-50(41)42/h1-32,51-52H. The van der Waals surface area contributed by atoms with Crippen molar-refractivity contribution in [2.45, 2.75) is 0 Å². The summed E-state index contributed by atoms with van der Waals surface area (Å²) in [5.74, 6) is 0. The zero-order valence-corrected chi connectivity index (χ0v) is 29.7. The lowest BCUT2D eigenvalue weighted by atomic mass is 9.93. The smallest absolute Gasteiger partial charge is 0.0465 e. The minimum absolute atomic E-state index is 1.07. The van der Waals surface area contributed by atoms with Crippen LogP contribution in [0.1, 0.15) is 0 Å². The van der Waals surface area contributed by atoms with Crippen LogP contribution in [0.3, 0.4) is 0 Å². The van der Waals surface area contributed by atoms with E-state index >= 15 is 0 Å². The molecular weight excluding hydrogens is 661 g/mol. The lowest BCUT2D eigenvalue weighted by Crippen LogP contribution is -1.97. The summed E-state index contributed by atoms with van der Waals surface area (Å²) in [6.07, 6.45) is 0. The molecule has 0 saturated carbocycles. The van der Waals surface area contributed by atoms with Crippen molar-refractivity contribution in [2.75, 3.05) is 10.6 Å². The topological polar surface area (TPSA) is 24.1 Å². The second-order valence-electron chi connectivity index (χ2n) is 13.5. The summed E-state index contributed by atoms with van der Waals surface area (Å²) in [5, 5.41) is 15.1. The molecule has 9 aromatic carbocycles. The maximum absolute atomic E-state index is 3.87. The molecule has 0 fully saturated rings. The number of hydrogen-bond donors (Lipinski definition) is 2. The van der Waals surface area contributed by atoms with Crippen molar-refractivity contribution in [2.24, 2.45) is 0 Å². The molecule has 0 atom stereocenters. The van der Waals surface area contributed by atoms with E-state index in [2.05, 4.69) is 205 Å². The van der Waals surface area contributed by atoms with Crippen molar-refractivity contribution < 1.29 is 0 Å². The van der Waals surface area contributed by atoms with Gasteiger partial charge < -0.3 is 10.6 Å². The number of anilines is 4. The maximum atomic E-state index is 3.87. The molecule has 250 valence electrons. The van der Waals surface area contributed by atoms with Gasteiger partial charge in [0.05, 0.1) is 0 Å². The van der Waals surface area contributed by atoms with Crippen molar-refractivity contribution in [3.63, 3.8) is 0 Å². The predicted octanol–water partition coefficient (Wildman–Crippen LogP) is 14.8. The van der Waals surface area contributed by atoms with E-state index in [-0.39, 0.29) is 0 Å². The van der Waals surface area contributed by atoms with Crippen LogP contribution in [-0.4, -0.2) is 0 Å². The van der Waals surface area contributed by atoms with E-state index in [1.807, 2.05) is 11.3 Å². The van der Waals surface area contributed by atoms with Gasteiger partial charge in [-0.1, -0.05) is 152 Å². The number of benzene rings is 9. The number of nitrogens with one attached hydrogen (secondary N) is 2. The molecule has 0 unspecified atom stereocenters. The van der Waals surface area contributed by atoms with Crippen LogP contribution < -0.4 is 10.6 Å². The Hall–Kier alpha value is -6.68. The van der Waals surface area contributed by atoms with Crippen LogP contribution in [0.4, 0.5) is 22.7 Å². The quantitative estimate of drug-likeness (QED) is 0.174. The Morgan fingerprint density at radius 3 is 1.49 bits per heavy atom. The van der Waals surface area contributed by atoms with E-state index in [1.165, 1.54) is 58.4 Å². The highest BCUT2D eigenvalue weighted by molar-refractivity contribution is 7.26. The van der Waals surface area contributed by atoms with E-state index in [4.69, 9.17) is 0 Å². The third-order valence-electron chi connectivity index (χ3n) is 10.3. The van der Waals surface area contributed by atoms with Gasteiger partial charge in [0.25, 0.3) is 0 Å². The van der Waals surface area contributed by atoms with Gasteiger partial charge in [-0.3, -0.25) is 0 Å². The molecule has 10 rings (SSSR count). The summed E-state index contributed by atoms with van der Waals surface area (Å²) >= 11 is 1.87. The number of rotatable bonds is 7. The lowest BCUT2D eigenvalue weighted by molar-refractivity contribution is 1.53. The van der Waals surface area contributed by atoms with E-state index < -0.39 is 0 Å². The van der Waals surface area contributed by atoms with Crippen molar-refractivity contribution in [1.29, 1.82) is 0 Å². The zero-order chi connectivity index (χ0) is 35.1. The fourth-order valence-electron chi connectivity index (χ4n) is 7.66. The van der Waals surface area contributed by atoms with Crippen molar-refractivity contribution in [3.05, 3.63) is 194 Å². The van der Waals surface area contributed by atoms with Gasteiger partial charge in [-0.25, -0.2) is 0 Å². The molecule has 0 bridgehead atoms. The highest BCUT2D eigenvalue weighted by Gasteiger charge is 2.17. The lowest BCUT2D eigenvalue weighted by Gasteiger charge is -2.18. The molecule has 10 aromatic rings. The van der Waals surface area contributed by atoms with Crippen LogP contribution in [0.2, 0.25) is 0 Å². The molecule has 0 spiro atoms. The maximum Gasteiger partial charge on any atom is 0.0465 e. The van der Waals surface area contributed by atoms with Crippen LogP contribution in [0, 0.1) is 0 Å². The van der Waals surface area contributed by atoms with Gasteiger partial charge in [-0.05, 0) is 69.9 Å². The first-order chi connectivity index (χ1) is 26.3. The van der Waals surface area contributed by atoms with Crippen molar-refractivity contribution in [3.8, 4) is 33.4 Å². The number of hydrogen-bond acceptors (Lipinski definition) is 3. The first kappa shape index (κ1) is 31.1. The molecule has 0 radical (unpaired) electrons. The third kappa shape index (κ3) is 5.68. The summed E-state index contributed by atoms with van der Waals surface area (Å²) in [6.45, 7) is 0. The van der Waals surface area contributed by atoms with Crippen LogP contribution in [0.25, 0.3) is 75.1 Å². The van der Waals surface area contributed by atoms with Gasteiger partial charge >= 0.3 is 0 Å². The first-order valence-corrected chi connectivity index (χ1v) is 18.8. The average molecular weight is 695 g/mol. The Morgan fingerprint density at radius 1 is 0.302 bits per heavy atom. The largest absolute Gasteiger partial charge is 0.355 e. The molecule has 0 amide bonds. The fourth-order valence-corrected chi connectivity index (χ4v) is 8.89. The van der Waals surface area contributed by atoms with Gasteiger partial charge in [-0.2, -0.15) is 0 Å². The highest BCUT2D eigenvalue weighted by atomic mass is 32.1. The van der Waals surface area contributed by atoms with Crippen LogP contribution in [0.15, 0.2) is 194 Å². The monoisotopic (exact) mass is 694 g/mol. The normalized spacial score (nSPS) is 11.4. The summed E-state index contributed by atoms with van der Waals surface area (Å²) < 4.78 is 2.60. The Bertz CT molecular complexity index is 2950. The minimum Gasteiger partial charge on any atom is -0.355 e. The summed E-state index contributed by atoms with van der Waals surface area (Å²) in [7, 11) is 0. The minimum atomic E-state index is 1.07. The van der Waals surface area contributed by atoms with Gasteiger partial charge in [0, 0.05) is 70.4 Å². The van der Waals surface area contributed by atoms with Gasteiger partial charge in [0.2, 0.25) is 0 Å². The van der Waals surface area contributed by atoms with E-state index in [9.17, 15) is 0 Å². The molecule has 1 aromatic heterocycles. The molecule has 1 heterocycles. The second-order valence-corrected chi connectivity index (χ2v) is 14.5. The molecule has 2 nitrogen and oxygen atoms in total. The second kappa shape index (κ2) is 13.1. The van der Waals surface area contributed by atoms with Gasteiger partial charge in [-0.15, -0.1) is 11.3 Å². The Labute approximate surface area is 312 Å². The molecule has 0 aliphatic heterocycles. The molecule has 0 saturated heterocycles. The highest BCUT2D eigenvalue weighted by Crippen LogP contribution is 2.45. The van der Waals surface area contributed by atoms with Gasteiger partial charge in [0.1, 0.15) is 0 Å². The molecule has 3 heteroatoms. The SMILES string of the molecule is c1ccc(-c2cc(-c3ccc(Nc4cccc5ccccc45)c(-c4cccc5c4sc4ccccc45)c3)ccc2Nc2cccc3ccccc23)cc1. The van der Waals surface area contributed by atoms with E-state index in [1.54, 1.807) is 0 Å². The Balaban J connectivity index is 1.14. The first-order valence-electron chi connectivity index (χ1n) is 18.0. The number of fused-ring (bicyclic) bond motifs is 5. The predicted molar refractivity (Wildman–Crippen MR) is 230 cm³/mol. The Kier molecular flexibility index (Phi) is 7.71. The van der Waals surface area contributed by atoms with E-state index in [0.29, 0.717) is 0 Å². The molecule has 53 heavy (non-hydrogen) atoms. The van der Waals surface area contributed by atoms with Gasteiger partial charge in [0.15, 0.2) is 0 Å². The summed E-state index contributed by atoms with van der Waals surface area (Å²) in [4.78, 5) is 0. The fraction of sp³-hybridized carbons (Fsp3) is 0. The van der Waals surface area contributed by atoms with E-state index in [0.717, 1.165) is 39.4 Å². The molecule has 0 aliphatic carbocycles.